The molecule has 0 bridgehead atoms. The topological polar surface area (TPSA) is 81.8 Å². The highest BCUT2D eigenvalue weighted by molar-refractivity contribution is 7.80. The molecule has 2 aromatic rings. The highest BCUT2D eigenvalue weighted by Crippen LogP contribution is 2.23. The van der Waals surface area contributed by atoms with Crippen molar-refractivity contribution >= 4 is 63.9 Å². The van der Waals surface area contributed by atoms with Crippen LogP contribution in [0.1, 0.15) is 16.8 Å². The molecule has 7 nitrogen and oxygen atoms in total. The Bertz CT molecular complexity index is 966. The fourth-order valence-electron chi connectivity index (χ4n) is 2.80. The van der Waals surface area contributed by atoms with Crippen LogP contribution in [-0.4, -0.2) is 45.8 Å². The van der Waals surface area contributed by atoms with Gasteiger partial charge in [-0.05, 0) is 42.5 Å². The van der Waals surface area contributed by atoms with Gasteiger partial charge in [0.2, 0.25) is 5.91 Å². The van der Waals surface area contributed by atoms with Crippen LogP contribution in [0.15, 0.2) is 48.5 Å². The molecule has 0 radical (unpaired) electrons. The van der Waals surface area contributed by atoms with Gasteiger partial charge < -0.3 is 5.32 Å². The van der Waals surface area contributed by atoms with E-state index in [0.717, 1.165) is 0 Å². The SMILES string of the molecule is CN1C(=O)C(CC(=O)Nc2cc(Cl)cc(Cl)c2)N(NC(=O)c2ccccc2)C1=S. The van der Waals surface area contributed by atoms with E-state index in [9.17, 15) is 14.4 Å². The van der Waals surface area contributed by atoms with E-state index in [1.165, 1.54) is 35.2 Å². The van der Waals surface area contributed by atoms with Crippen LogP contribution in [0, 0.1) is 0 Å². The van der Waals surface area contributed by atoms with Crippen LogP contribution in [0.5, 0.6) is 0 Å². The maximum atomic E-state index is 12.6. The monoisotopic (exact) mass is 450 g/mol. The van der Waals surface area contributed by atoms with E-state index >= 15 is 0 Å². The summed E-state index contributed by atoms with van der Waals surface area (Å²) >= 11 is 17.1. The van der Waals surface area contributed by atoms with Gasteiger partial charge in [-0.15, -0.1) is 0 Å². The number of halogens is 2. The van der Waals surface area contributed by atoms with Crippen molar-refractivity contribution in [2.24, 2.45) is 0 Å². The molecule has 0 saturated carbocycles. The molecule has 1 unspecified atom stereocenters. The average Bonchev–Trinajstić information content (AvgIpc) is 2.86. The Morgan fingerprint density at radius 1 is 1.10 bits per heavy atom. The number of benzene rings is 2. The van der Waals surface area contributed by atoms with E-state index in [4.69, 9.17) is 35.4 Å². The number of hydrogen-bond acceptors (Lipinski definition) is 4. The fraction of sp³-hybridized carbons (Fsp3) is 0.158. The van der Waals surface area contributed by atoms with Gasteiger partial charge in [-0.25, -0.2) is 5.01 Å². The van der Waals surface area contributed by atoms with Crippen molar-refractivity contribution in [2.75, 3.05) is 12.4 Å². The van der Waals surface area contributed by atoms with Crippen molar-refractivity contribution < 1.29 is 14.4 Å². The third-order valence-corrected chi connectivity index (χ3v) is 5.11. The number of nitrogens with one attached hydrogen (secondary N) is 2. The minimum Gasteiger partial charge on any atom is -0.326 e. The van der Waals surface area contributed by atoms with Crippen molar-refractivity contribution in [3.63, 3.8) is 0 Å². The van der Waals surface area contributed by atoms with E-state index in [1.54, 1.807) is 30.3 Å². The molecular weight excluding hydrogens is 435 g/mol. The zero-order chi connectivity index (χ0) is 21.1. The van der Waals surface area contributed by atoms with E-state index in [2.05, 4.69) is 10.7 Å². The Kier molecular flexibility index (Phi) is 6.36. The van der Waals surface area contributed by atoms with Gasteiger partial charge in [0.15, 0.2) is 5.11 Å². The normalized spacial score (nSPS) is 16.2. The summed E-state index contributed by atoms with van der Waals surface area (Å²) in [6, 6.07) is 12.1. The minimum atomic E-state index is -0.977. The van der Waals surface area contributed by atoms with E-state index in [1.807, 2.05) is 0 Å². The quantitative estimate of drug-likeness (QED) is 0.683. The van der Waals surface area contributed by atoms with Gasteiger partial charge in [0.25, 0.3) is 11.8 Å². The van der Waals surface area contributed by atoms with Gasteiger partial charge in [-0.2, -0.15) is 0 Å². The number of hydrogen-bond donors (Lipinski definition) is 2. The number of amides is 3. The second kappa shape index (κ2) is 8.77. The Morgan fingerprint density at radius 3 is 2.34 bits per heavy atom. The molecule has 1 atom stereocenters. The summed E-state index contributed by atoms with van der Waals surface area (Å²) in [4.78, 5) is 38.8. The van der Waals surface area contributed by atoms with Gasteiger partial charge in [-0.1, -0.05) is 41.4 Å². The first-order chi connectivity index (χ1) is 13.8. The predicted molar refractivity (Wildman–Crippen MR) is 115 cm³/mol. The number of carbonyl (C=O) groups is 3. The number of likely N-dealkylation sites (N-methyl/N-ethyl adjacent to an activating group) is 1. The molecule has 1 saturated heterocycles. The molecule has 3 amide bonds. The smallest absolute Gasteiger partial charge is 0.269 e. The summed E-state index contributed by atoms with van der Waals surface area (Å²) in [6.45, 7) is 0. The summed E-state index contributed by atoms with van der Waals surface area (Å²) in [5, 5.41) is 4.71. The Balaban J connectivity index is 1.74. The van der Waals surface area contributed by atoms with Crippen LogP contribution in [0.4, 0.5) is 5.69 Å². The zero-order valence-electron chi connectivity index (χ0n) is 15.2. The predicted octanol–water partition coefficient (Wildman–Crippen LogP) is 3.09. The number of anilines is 1. The maximum absolute atomic E-state index is 12.6. The second-order valence-electron chi connectivity index (χ2n) is 6.28. The highest BCUT2D eigenvalue weighted by Gasteiger charge is 2.42. The van der Waals surface area contributed by atoms with Crippen molar-refractivity contribution in [2.45, 2.75) is 12.5 Å². The van der Waals surface area contributed by atoms with Crippen molar-refractivity contribution in [3.8, 4) is 0 Å². The van der Waals surface area contributed by atoms with Crippen LogP contribution >= 0.6 is 35.4 Å². The second-order valence-corrected chi connectivity index (χ2v) is 7.52. The summed E-state index contributed by atoms with van der Waals surface area (Å²) in [5.74, 6) is -1.30. The minimum absolute atomic E-state index is 0.0999. The lowest BCUT2D eigenvalue weighted by atomic mass is 10.2. The first kappa shape index (κ1) is 21.0. The summed E-state index contributed by atoms with van der Waals surface area (Å²) in [7, 11) is 1.49. The molecule has 1 aliphatic heterocycles. The van der Waals surface area contributed by atoms with Crippen LogP contribution < -0.4 is 10.7 Å². The van der Waals surface area contributed by atoms with Crippen molar-refractivity contribution in [1.82, 2.24) is 15.3 Å². The van der Waals surface area contributed by atoms with E-state index in [-0.39, 0.29) is 11.5 Å². The highest BCUT2D eigenvalue weighted by atomic mass is 35.5. The Morgan fingerprint density at radius 2 is 1.72 bits per heavy atom. The molecule has 2 aromatic carbocycles. The number of thiocarbonyl (C=S) groups is 1. The van der Waals surface area contributed by atoms with Crippen LogP contribution in [0.2, 0.25) is 10.0 Å². The molecule has 29 heavy (non-hydrogen) atoms. The van der Waals surface area contributed by atoms with Gasteiger partial charge in [0, 0.05) is 28.3 Å². The van der Waals surface area contributed by atoms with Gasteiger partial charge in [0.1, 0.15) is 6.04 Å². The number of carbonyl (C=O) groups excluding carboxylic acids is 3. The van der Waals surface area contributed by atoms with Gasteiger partial charge >= 0.3 is 0 Å². The molecule has 2 N–H and O–H groups in total. The fourth-order valence-corrected chi connectivity index (χ4v) is 3.59. The number of hydrazine groups is 1. The molecule has 3 rings (SSSR count). The van der Waals surface area contributed by atoms with Crippen molar-refractivity contribution in [1.29, 1.82) is 0 Å². The molecule has 1 aliphatic rings. The molecular formula is C19H16Cl2N4O3S. The summed E-state index contributed by atoms with van der Waals surface area (Å²) in [6.07, 6.45) is -0.234. The molecule has 150 valence electrons. The average molecular weight is 451 g/mol. The first-order valence-corrected chi connectivity index (χ1v) is 9.65. The molecule has 10 heteroatoms. The van der Waals surface area contributed by atoms with Crippen LogP contribution in [0.25, 0.3) is 0 Å². The molecule has 0 aromatic heterocycles. The van der Waals surface area contributed by atoms with Gasteiger partial charge in [0.05, 0.1) is 6.42 Å². The lowest BCUT2D eigenvalue weighted by Crippen LogP contribution is -2.49. The van der Waals surface area contributed by atoms with Gasteiger partial charge in [-0.3, -0.25) is 24.7 Å². The largest absolute Gasteiger partial charge is 0.326 e. The number of nitrogens with zero attached hydrogens (tertiary/aromatic N) is 2. The molecule has 0 aliphatic carbocycles. The lowest BCUT2D eigenvalue weighted by Gasteiger charge is -2.24. The zero-order valence-corrected chi connectivity index (χ0v) is 17.5. The number of rotatable bonds is 5. The standard InChI is InChI=1S/C19H16Cl2N4O3S/c1-24-18(28)15(10-16(26)22-14-8-12(20)7-13(21)9-14)25(19(24)29)23-17(27)11-5-3-2-4-6-11/h2-9,15H,10H2,1H3,(H,22,26)(H,23,27). The molecule has 1 heterocycles. The van der Waals surface area contributed by atoms with E-state index in [0.29, 0.717) is 21.3 Å². The van der Waals surface area contributed by atoms with Crippen LogP contribution in [-0.2, 0) is 9.59 Å². The Labute approximate surface area is 182 Å². The van der Waals surface area contributed by atoms with Crippen molar-refractivity contribution in [3.05, 3.63) is 64.1 Å². The lowest BCUT2D eigenvalue weighted by molar-refractivity contribution is -0.130. The first-order valence-electron chi connectivity index (χ1n) is 8.49. The third kappa shape index (κ3) is 4.84. The molecule has 1 fully saturated rings. The van der Waals surface area contributed by atoms with Crippen LogP contribution in [0.3, 0.4) is 0 Å². The molecule has 0 spiro atoms. The summed E-state index contributed by atoms with van der Waals surface area (Å²) < 4.78 is 0. The maximum Gasteiger partial charge on any atom is 0.269 e. The Hall–Kier alpha value is -2.68. The summed E-state index contributed by atoms with van der Waals surface area (Å²) in [5.41, 5.74) is 3.41. The third-order valence-electron chi connectivity index (χ3n) is 4.20. The van der Waals surface area contributed by atoms with E-state index < -0.39 is 23.8 Å².